The molecule has 24 heavy (non-hydrogen) atoms. The highest BCUT2D eigenvalue weighted by Gasteiger charge is 2.10. The van der Waals surface area contributed by atoms with E-state index in [0.717, 1.165) is 10.4 Å². The van der Waals surface area contributed by atoms with Crippen molar-refractivity contribution in [1.29, 1.82) is 0 Å². The number of ether oxygens (including phenoxy) is 2. The van der Waals surface area contributed by atoms with E-state index >= 15 is 0 Å². The molecular weight excluding hydrogens is 350 g/mol. The van der Waals surface area contributed by atoms with Crippen LogP contribution in [0.25, 0.3) is 10.8 Å². The van der Waals surface area contributed by atoms with Crippen molar-refractivity contribution in [2.45, 2.75) is 13.5 Å². The Hall–Kier alpha value is -2.31. The number of carbonyl (C=O) groups is 1. The lowest BCUT2D eigenvalue weighted by Gasteiger charge is -2.07. The second-order valence-electron chi connectivity index (χ2n) is 4.98. The van der Waals surface area contributed by atoms with Gasteiger partial charge in [-0.3, -0.25) is 0 Å². The Balaban J connectivity index is 1.48. The Morgan fingerprint density at radius 2 is 2.25 bits per heavy atom. The minimum atomic E-state index is -0.483. The van der Waals surface area contributed by atoms with Crippen molar-refractivity contribution in [2.75, 3.05) is 6.61 Å². The molecule has 0 fully saturated rings. The quantitative estimate of drug-likeness (QED) is 0.604. The maximum absolute atomic E-state index is 11.7. The van der Waals surface area contributed by atoms with Crippen LogP contribution < -0.4 is 4.74 Å². The standard InChI is InChI=1S/C17H14ClNO4S/c1-11-7-13(4-5-14(11)18)21-10-16(20)22-8-12-9-23-17(19-12)15-3-2-6-24-15/h2-7,9H,8,10H2,1H3. The Labute approximate surface area is 147 Å². The van der Waals surface area contributed by atoms with Gasteiger partial charge in [-0.15, -0.1) is 11.3 Å². The maximum atomic E-state index is 11.7. The number of aromatic nitrogens is 1. The Morgan fingerprint density at radius 3 is 3.00 bits per heavy atom. The summed E-state index contributed by atoms with van der Waals surface area (Å²) in [5, 5.41) is 2.59. The summed E-state index contributed by atoms with van der Waals surface area (Å²) in [5.41, 5.74) is 1.43. The van der Waals surface area contributed by atoms with Gasteiger partial charge in [0.15, 0.2) is 6.61 Å². The number of benzene rings is 1. The average molecular weight is 364 g/mol. The van der Waals surface area contributed by atoms with E-state index in [1.165, 1.54) is 17.6 Å². The number of nitrogens with zero attached hydrogens (tertiary/aromatic N) is 1. The van der Waals surface area contributed by atoms with Gasteiger partial charge in [0.05, 0.1) is 4.88 Å². The van der Waals surface area contributed by atoms with Crippen molar-refractivity contribution in [3.8, 4) is 16.5 Å². The molecule has 3 rings (SSSR count). The van der Waals surface area contributed by atoms with Crippen LogP contribution in [0.15, 0.2) is 46.4 Å². The van der Waals surface area contributed by atoms with E-state index in [4.69, 9.17) is 25.5 Å². The molecule has 1 aromatic carbocycles. The van der Waals surface area contributed by atoms with Gasteiger partial charge in [0.2, 0.25) is 5.89 Å². The molecule has 2 heterocycles. The summed E-state index contributed by atoms with van der Waals surface area (Å²) >= 11 is 7.47. The molecule has 2 aromatic heterocycles. The molecule has 0 aliphatic rings. The Kier molecular flexibility index (Phi) is 5.17. The minimum Gasteiger partial charge on any atom is -0.482 e. The molecule has 0 bridgehead atoms. The number of hydrogen-bond acceptors (Lipinski definition) is 6. The maximum Gasteiger partial charge on any atom is 0.344 e. The first-order valence-corrected chi connectivity index (χ1v) is 8.40. The molecular formula is C17H14ClNO4S. The van der Waals surface area contributed by atoms with Crippen LogP contribution in [-0.4, -0.2) is 17.6 Å². The highest BCUT2D eigenvalue weighted by atomic mass is 35.5. The van der Waals surface area contributed by atoms with Crippen LogP contribution in [0.3, 0.4) is 0 Å². The molecule has 0 aliphatic carbocycles. The number of carbonyl (C=O) groups excluding carboxylic acids is 1. The fourth-order valence-corrected chi connectivity index (χ4v) is 2.71. The van der Waals surface area contributed by atoms with E-state index in [2.05, 4.69) is 4.98 Å². The van der Waals surface area contributed by atoms with Crippen molar-refractivity contribution >= 4 is 28.9 Å². The van der Waals surface area contributed by atoms with Gasteiger partial charge < -0.3 is 13.9 Å². The number of esters is 1. The predicted octanol–water partition coefficient (Wildman–Crippen LogP) is 4.49. The van der Waals surface area contributed by atoms with E-state index in [0.29, 0.717) is 22.4 Å². The molecule has 5 nitrogen and oxygen atoms in total. The average Bonchev–Trinajstić information content (AvgIpc) is 3.25. The molecule has 0 N–H and O–H groups in total. The van der Waals surface area contributed by atoms with Crippen LogP contribution >= 0.6 is 22.9 Å². The lowest BCUT2D eigenvalue weighted by molar-refractivity contribution is -0.147. The number of hydrogen-bond donors (Lipinski definition) is 0. The zero-order valence-corrected chi connectivity index (χ0v) is 14.4. The summed E-state index contributed by atoms with van der Waals surface area (Å²) in [6, 6.07) is 9.01. The molecule has 3 aromatic rings. The predicted molar refractivity (Wildman–Crippen MR) is 91.3 cm³/mol. The number of thiophene rings is 1. The van der Waals surface area contributed by atoms with Crippen LogP contribution in [0, 0.1) is 6.92 Å². The first-order valence-electron chi connectivity index (χ1n) is 7.14. The van der Waals surface area contributed by atoms with Crippen LogP contribution in [0.1, 0.15) is 11.3 Å². The third-order valence-corrected chi connectivity index (χ3v) is 4.43. The monoisotopic (exact) mass is 363 g/mol. The number of rotatable bonds is 6. The lowest BCUT2D eigenvalue weighted by Crippen LogP contribution is -2.14. The third-order valence-electron chi connectivity index (χ3n) is 3.15. The van der Waals surface area contributed by atoms with Crippen molar-refractivity contribution in [1.82, 2.24) is 4.98 Å². The SMILES string of the molecule is Cc1cc(OCC(=O)OCc2coc(-c3cccs3)n2)ccc1Cl. The lowest BCUT2D eigenvalue weighted by atomic mass is 10.2. The van der Waals surface area contributed by atoms with E-state index < -0.39 is 5.97 Å². The summed E-state index contributed by atoms with van der Waals surface area (Å²) in [6.45, 7) is 1.72. The summed E-state index contributed by atoms with van der Waals surface area (Å²) in [5.74, 6) is 0.600. The topological polar surface area (TPSA) is 61.6 Å². The van der Waals surface area contributed by atoms with Gasteiger partial charge in [-0.25, -0.2) is 9.78 Å². The molecule has 0 unspecified atom stereocenters. The molecule has 0 spiro atoms. The molecule has 0 aliphatic heterocycles. The Bertz CT molecular complexity index is 829. The normalized spacial score (nSPS) is 10.6. The molecule has 0 amide bonds. The first-order chi connectivity index (χ1) is 11.6. The Morgan fingerprint density at radius 1 is 1.38 bits per heavy atom. The van der Waals surface area contributed by atoms with Crippen LogP contribution in [0.4, 0.5) is 0 Å². The van der Waals surface area contributed by atoms with Crippen molar-refractivity contribution < 1.29 is 18.7 Å². The molecule has 0 saturated carbocycles. The van der Waals surface area contributed by atoms with Gasteiger partial charge >= 0.3 is 5.97 Å². The van der Waals surface area contributed by atoms with E-state index in [1.54, 1.807) is 18.2 Å². The van der Waals surface area contributed by atoms with Gasteiger partial charge in [-0.05, 0) is 42.1 Å². The molecule has 124 valence electrons. The van der Waals surface area contributed by atoms with Gasteiger partial charge in [0, 0.05) is 5.02 Å². The zero-order valence-electron chi connectivity index (χ0n) is 12.8. The van der Waals surface area contributed by atoms with Gasteiger partial charge in [0.25, 0.3) is 0 Å². The van der Waals surface area contributed by atoms with Gasteiger partial charge in [-0.1, -0.05) is 17.7 Å². The van der Waals surface area contributed by atoms with E-state index in [9.17, 15) is 4.79 Å². The highest BCUT2D eigenvalue weighted by Crippen LogP contribution is 2.24. The molecule has 7 heteroatoms. The van der Waals surface area contributed by atoms with E-state index in [-0.39, 0.29) is 13.2 Å². The minimum absolute atomic E-state index is 0.0384. The summed E-state index contributed by atoms with van der Waals surface area (Å²) in [4.78, 5) is 16.9. The highest BCUT2D eigenvalue weighted by molar-refractivity contribution is 7.13. The number of aryl methyl sites for hydroxylation is 1. The van der Waals surface area contributed by atoms with Gasteiger partial charge in [-0.2, -0.15) is 0 Å². The molecule has 0 radical (unpaired) electrons. The van der Waals surface area contributed by atoms with Crippen molar-refractivity contribution in [3.05, 3.63) is 58.3 Å². The fraction of sp³-hybridized carbons (Fsp3) is 0.176. The zero-order chi connectivity index (χ0) is 16.9. The van der Waals surface area contributed by atoms with Crippen LogP contribution in [0.5, 0.6) is 5.75 Å². The third kappa shape index (κ3) is 4.15. The molecule has 0 saturated heterocycles. The number of halogens is 1. The molecule has 0 atom stereocenters. The van der Waals surface area contributed by atoms with Crippen molar-refractivity contribution in [3.63, 3.8) is 0 Å². The summed E-state index contributed by atoms with van der Waals surface area (Å²) in [6.07, 6.45) is 1.48. The van der Waals surface area contributed by atoms with Crippen LogP contribution in [0.2, 0.25) is 5.02 Å². The largest absolute Gasteiger partial charge is 0.482 e. The smallest absolute Gasteiger partial charge is 0.344 e. The van der Waals surface area contributed by atoms with Crippen molar-refractivity contribution in [2.24, 2.45) is 0 Å². The summed E-state index contributed by atoms with van der Waals surface area (Å²) < 4.78 is 15.9. The van der Waals surface area contributed by atoms with Gasteiger partial charge in [0.1, 0.15) is 24.3 Å². The first kappa shape index (κ1) is 16.5. The number of oxazole rings is 1. The fourth-order valence-electron chi connectivity index (χ4n) is 1.93. The second-order valence-corrected chi connectivity index (χ2v) is 6.34. The second kappa shape index (κ2) is 7.51. The van der Waals surface area contributed by atoms with E-state index in [1.807, 2.05) is 24.4 Å². The summed E-state index contributed by atoms with van der Waals surface area (Å²) in [7, 11) is 0. The van der Waals surface area contributed by atoms with Crippen LogP contribution in [-0.2, 0) is 16.1 Å².